The van der Waals surface area contributed by atoms with E-state index in [1.165, 1.54) is 42.7 Å². The molecule has 2 aromatic carbocycles. The van der Waals surface area contributed by atoms with E-state index in [-0.39, 0.29) is 23.3 Å². The molecule has 9 nitrogen and oxygen atoms in total. The Hall–Kier alpha value is -3.80. The molecule has 0 aliphatic heterocycles. The van der Waals surface area contributed by atoms with Gasteiger partial charge in [-0.15, -0.1) is 0 Å². The first-order valence-corrected chi connectivity index (χ1v) is 12.4. The number of nitrogens with zero attached hydrogens (tertiary/aromatic N) is 1. The van der Waals surface area contributed by atoms with Crippen LogP contribution in [0.1, 0.15) is 18.2 Å². The Morgan fingerprint density at radius 3 is 2.59 bits per heavy atom. The molecule has 34 heavy (non-hydrogen) atoms. The smallest absolute Gasteiger partial charge is 0.250 e. The van der Waals surface area contributed by atoms with Gasteiger partial charge in [-0.2, -0.15) is 0 Å². The maximum Gasteiger partial charge on any atom is 0.250 e. The van der Waals surface area contributed by atoms with Gasteiger partial charge >= 0.3 is 0 Å². The summed E-state index contributed by atoms with van der Waals surface area (Å²) in [5.41, 5.74) is 2.02. The Morgan fingerprint density at radius 1 is 1.09 bits per heavy atom. The summed E-state index contributed by atoms with van der Waals surface area (Å²) < 4.78 is 33.2. The molecule has 3 N–H and O–H groups in total. The second kappa shape index (κ2) is 10.00. The van der Waals surface area contributed by atoms with Gasteiger partial charge in [0.05, 0.1) is 27.9 Å². The highest BCUT2D eigenvalue weighted by Crippen LogP contribution is 2.28. The van der Waals surface area contributed by atoms with Crippen LogP contribution >= 0.6 is 11.3 Å². The predicted molar refractivity (Wildman–Crippen MR) is 131 cm³/mol. The number of carbonyl (C=O) groups excluding carboxylic acids is 2. The van der Waals surface area contributed by atoms with Crippen LogP contribution in [0.2, 0.25) is 0 Å². The summed E-state index contributed by atoms with van der Waals surface area (Å²) in [5, 5.41) is 5.84. The second-order valence-corrected chi connectivity index (χ2v) is 9.98. The molecular formula is C23H20N4O5S2. The zero-order chi connectivity index (χ0) is 24.1. The number of nitrogens with one attached hydrogen (secondary N) is 3. The number of furan rings is 1. The van der Waals surface area contributed by atoms with Gasteiger partial charge in [-0.3, -0.25) is 14.9 Å². The SMILES string of the molecule is CC(=O)Nc1ccc2nc(NC(=O)/C=C/c3ccc(S(=O)(=O)NCc4ccco4)cc3)sc2c1. The molecule has 4 aromatic rings. The number of fused-ring (bicyclic) bond motifs is 1. The zero-order valence-corrected chi connectivity index (χ0v) is 19.6. The van der Waals surface area contributed by atoms with E-state index in [2.05, 4.69) is 20.3 Å². The molecule has 2 heterocycles. The molecule has 0 fully saturated rings. The van der Waals surface area contributed by atoms with Gasteiger partial charge in [0.1, 0.15) is 5.76 Å². The molecule has 0 bridgehead atoms. The van der Waals surface area contributed by atoms with Crippen molar-refractivity contribution < 1.29 is 22.4 Å². The second-order valence-electron chi connectivity index (χ2n) is 7.18. The average Bonchev–Trinajstić information content (AvgIpc) is 3.45. The van der Waals surface area contributed by atoms with Crippen molar-refractivity contribution in [3.63, 3.8) is 0 Å². The number of hydrogen-bond acceptors (Lipinski definition) is 7. The van der Waals surface area contributed by atoms with Crippen molar-refractivity contribution in [3.8, 4) is 0 Å². The lowest BCUT2D eigenvalue weighted by Crippen LogP contribution is -2.22. The lowest BCUT2D eigenvalue weighted by molar-refractivity contribution is -0.114. The molecule has 0 radical (unpaired) electrons. The lowest BCUT2D eigenvalue weighted by Gasteiger charge is -2.05. The Morgan fingerprint density at radius 2 is 1.88 bits per heavy atom. The minimum atomic E-state index is -3.69. The molecule has 0 atom stereocenters. The van der Waals surface area contributed by atoms with Gasteiger partial charge in [-0.25, -0.2) is 18.1 Å². The molecule has 0 saturated carbocycles. The topological polar surface area (TPSA) is 130 Å². The highest BCUT2D eigenvalue weighted by Gasteiger charge is 2.14. The van der Waals surface area contributed by atoms with Crippen molar-refractivity contribution in [2.24, 2.45) is 0 Å². The zero-order valence-electron chi connectivity index (χ0n) is 17.9. The van der Waals surface area contributed by atoms with E-state index in [0.717, 1.165) is 4.70 Å². The van der Waals surface area contributed by atoms with Crippen LogP contribution in [0.3, 0.4) is 0 Å². The molecule has 11 heteroatoms. The number of sulfonamides is 1. The van der Waals surface area contributed by atoms with Crippen LogP contribution in [0, 0.1) is 0 Å². The van der Waals surface area contributed by atoms with Crippen LogP contribution in [0.15, 0.2) is 76.2 Å². The van der Waals surface area contributed by atoms with Crippen LogP contribution in [0.4, 0.5) is 10.8 Å². The van der Waals surface area contributed by atoms with E-state index >= 15 is 0 Å². The average molecular weight is 497 g/mol. The first-order chi connectivity index (χ1) is 16.3. The summed E-state index contributed by atoms with van der Waals surface area (Å²) >= 11 is 1.29. The molecule has 4 rings (SSSR count). The van der Waals surface area contributed by atoms with E-state index in [4.69, 9.17) is 4.42 Å². The molecular weight excluding hydrogens is 476 g/mol. The van der Waals surface area contributed by atoms with Gasteiger partial charge < -0.3 is 9.73 Å². The van der Waals surface area contributed by atoms with Crippen molar-refractivity contribution in [2.45, 2.75) is 18.4 Å². The minimum Gasteiger partial charge on any atom is -0.468 e. The van der Waals surface area contributed by atoms with E-state index in [0.29, 0.717) is 27.7 Å². The standard InChI is InChI=1S/C23H20N4O5S2/c1-15(28)25-17-7-10-20-21(13-17)33-23(26-20)27-22(29)11-6-16-4-8-19(9-5-16)34(30,31)24-14-18-3-2-12-32-18/h2-13,24H,14H2,1H3,(H,25,28)(H,26,27,29)/b11-6+. The van der Waals surface area contributed by atoms with E-state index in [1.54, 1.807) is 48.5 Å². The number of rotatable bonds is 8. The van der Waals surface area contributed by atoms with Crippen molar-refractivity contribution >= 4 is 60.3 Å². The molecule has 0 aliphatic carbocycles. The third kappa shape index (κ3) is 5.95. The third-order valence-corrected chi connectivity index (χ3v) is 6.92. The summed E-state index contributed by atoms with van der Waals surface area (Å²) in [6.07, 6.45) is 4.39. The highest BCUT2D eigenvalue weighted by molar-refractivity contribution is 7.89. The van der Waals surface area contributed by atoms with Gasteiger partial charge in [0.15, 0.2) is 5.13 Å². The molecule has 0 spiro atoms. The Kier molecular flexibility index (Phi) is 6.87. The van der Waals surface area contributed by atoms with E-state index in [9.17, 15) is 18.0 Å². The summed E-state index contributed by atoms with van der Waals surface area (Å²) in [5.74, 6) is -0.0355. The molecule has 0 aliphatic rings. The number of anilines is 2. The number of amides is 2. The fraction of sp³-hybridized carbons (Fsp3) is 0.0870. The Balaban J connectivity index is 1.36. The third-order valence-electron chi connectivity index (χ3n) is 4.57. The number of aromatic nitrogens is 1. The van der Waals surface area contributed by atoms with Crippen LogP contribution < -0.4 is 15.4 Å². The van der Waals surface area contributed by atoms with E-state index in [1.807, 2.05) is 0 Å². The molecule has 174 valence electrons. The van der Waals surface area contributed by atoms with E-state index < -0.39 is 10.0 Å². The molecule has 0 saturated heterocycles. The summed E-state index contributed by atoms with van der Waals surface area (Å²) in [6.45, 7) is 1.48. The number of hydrogen-bond donors (Lipinski definition) is 3. The largest absolute Gasteiger partial charge is 0.468 e. The van der Waals surface area contributed by atoms with Crippen molar-refractivity contribution in [3.05, 3.63) is 78.3 Å². The Bertz CT molecular complexity index is 1460. The van der Waals surface area contributed by atoms with Gasteiger partial charge in [0.25, 0.3) is 0 Å². The fourth-order valence-electron chi connectivity index (χ4n) is 3.00. The number of benzene rings is 2. The minimum absolute atomic E-state index is 0.0531. The summed E-state index contributed by atoms with van der Waals surface area (Å²) in [6, 6.07) is 14.8. The first kappa shape index (κ1) is 23.4. The highest BCUT2D eigenvalue weighted by atomic mass is 32.2. The monoisotopic (exact) mass is 496 g/mol. The first-order valence-electron chi connectivity index (χ1n) is 10.1. The normalized spacial score (nSPS) is 11.7. The van der Waals surface area contributed by atoms with Gasteiger partial charge in [0, 0.05) is 18.7 Å². The van der Waals surface area contributed by atoms with Crippen molar-refractivity contribution in [1.29, 1.82) is 0 Å². The van der Waals surface area contributed by atoms with Gasteiger partial charge in [-0.1, -0.05) is 23.5 Å². The summed E-state index contributed by atoms with van der Waals surface area (Å²) in [4.78, 5) is 28.0. The van der Waals surface area contributed by atoms with Gasteiger partial charge in [0.2, 0.25) is 21.8 Å². The summed E-state index contributed by atoms with van der Waals surface area (Å²) in [7, 11) is -3.69. The van der Waals surface area contributed by atoms with Crippen LogP contribution in [0.5, 0.6) is 0 Å². The lowest BCUT2D eigenvalue weighted by atomic mass is 10.2. The molecule has 2 aromatic heterocycles. The maximum atomic E-state index is 12.4. The maximum absolute atomic E-state index is 12.4. The van der Waals surface area contributed by atoms with Crippen LogP contribution in [-0.2, 0) is 26.2 Å². The van der Waals surface area contributed by atoms with Crippen molar-refractivity contribution in [2.75, 3.05) is 10.6 Å². The number of carbonyl (C=O) groups is 2. The molecule has 0 unspecified atom stereocenters. The predicted octanol–water partition coefficient (Wildman–Crippen LogP) is 3.98. The van der Waals surface area contributed by atoms with Crippen LogP contribution in [-0.4, -0.2) is 25.2 Å². The van der Waals surface area contributed by atoms with Gasteiger partial charge in [-0.05, 0) is 54.1 Å². The fourth-order valence-corrected chi connectivity index (χ4v) is 4.90. The molecule has 2 amide bonds. The van der Waals surface area contributed by atoms with Crippen molar-refractivity contribution in [1.82, 2.24) is 9.71 Å². The van der Waals surface area contributed by atoms with Crippen LogP contribution in [0.25, 0.3) is 16.3 Å². The number of thiazole rings is 1. The Labute approximate surface area is 199 Å². The quantitative estimate of drug-likeness (QED) is 0.316.